The lowest BCUT2D eigenvalue weighted by atomic mass is 10.2. The van der Waals surface area contributed by atoms with Crippen LogP contribution < -0.4 is 5.32 Å². The van der Waals surface area contributed by atoms with E-state index in [0.717, 1.165) is 20.6 Å². The maximum atomic E-state index is 12.5. The molecule has 0 radical (unpaired) electrons. The highest BCUT2D eigenvalue weighted by molar-refractivity contribution is 14.1. The standard InChI is InChI=1S/C17H13IN2O2S2/c18-14-9-4-5-10-15(14)19-17(13-7-2-1-3-8-13)20-24(21,22)16-11-6-12-23-16/h1-12H,(H,19,20). The third-order valence-corrected chi connectivity index (χ3v) is 6.73. The highest BCUT2D eigenvalue weighted by Crippen LogP contribution is 2.22. The quantitative estimate of drug-likeness (QED) is 0.346. The Morgan fingerprint density at radius 1 is 0.958 bits per heavy atom. The predicted octanol–water partition coefficient (Wildman–Crippen LogP) is 4.60. The summed E-state index contributed by atoms with van der Waals surface area (Å²) in [5.74, 6) is 0.299. The molecule has 0 aliphatic heterocycles. The van der Waals surface area contributed by atoms with Crippen molar-refractivity contribution in [1.29, 1.82) is 0 Å². The minimum absolute atomic E-state index is 0.223. The van der Waals surface area contributed by atoms with Crippen LogP contribution in [0.1, 0.15) is 5.56 Å². The van der Waals surface area contributed by atoms with Gasteiger partial charge in [-0.15, -0.1) is 15.7 Å². The molecule has 1 aromatic heterocycles. The molecule has 0 unspecified atom stereocenters. The molecule has 24 heavy (non-hydrogen) atoms. The number of hydrogen-bond acceptors (Lipinski definition) is 3. The van der Waals surface area contributed by atoms with Crippen LogP contribution in [-0.4, -0.2) is 14.3 Å². The summed E-state index contributed by atoms with van der Waals surface area (Å²) in [7, 11) is -3.76. The Bertz CT molecular complexity index is 953. The van der Waals surface area contributed by atoms with Gasteiger partial charge < -0.3 is 5.32 Å². The van der Waals surface area contributed by atoms with Crippen molar-refractivity contribution < 1.29 is 8.42 Å². The number of anilines is 1. The Balaban J connectivity index is 2.06. The van der Waals surface area contributed by atoms with E-state index in [1.165, 1.54) is 0 Å². The minimum Gasteiger partial charge on any atom is -0.338 e. The molecule has 1 heterocycles. The van der Waals surface area contributed by atoms with Crippen LogP contribution in [-0.2, 0) is 10.0 Å². The Morgan fingerprint density at radius 3 is 2.33 bits per heavy atom. The van der Waals surface area contributed by atoms with Crippen LogP contribution in [0.3, 0.4) is 0 Å². The molecule has 0 aliphatic rings. The lowest BCUT2D eigenvalue weighted by molar-refractivity contribution is 0.600. The van der Waals surface area contributed by atoms with Crippen molar-refractivity contribution in [1.82, 2.24) is 0 Å². The minimum atomic E-state index is -3.76. The third kappa shape index (κ3) is 4.03. The number of para-hydroxylation sites is 1. The van der Waals surface area contributed by atoms with Crippen molar-refractivity contribution in [2.75, 3.05) is 5.32 Å². The predicted molar refractivity (Wildman–Crippen MR) is 107 cm³/mol. The first-order chi connectivity index (χ1) is 11.6. The molecule has 122 valence electrons. The lowest BCUT2D eigenvalue weighted by Crippen LogP contribution is -2.16. The Hall–Kier alpha value is -1.71. The van der Waals surface area contributed by atoms with E-state index in [2.05, 4.69) is 32.3 Å². The molecule has 0 saturated carbocycles. The first kappa shape index (κ1) is 17.1. The summed E-state index contributed by atoms with van der Waals surface area (Å²) in [4.78, 5) is 0. The van der Waals surface area contributed by atoms with Crippen molar-refractivity contribution in [2.45, 2.75) is 4.21 Å². The van der Waals surface area contributed by atoms with E-state index < -0.39 is 10.0 Å². The van der Waals surface area contributed by atoms with Crippen LogP contribution in [0.5, 0.6) is 0 Å². The summed E-state index contributed by atoms with van der Waals surface area (Å²) in [6.45, 7) is 0. The van der Waals surface area contributed by atoms with Crippen molar-refractivity contribution in [3.63, 3.8) is 0 Å². The number of nitrogens with one attached hydrogen (secondary N) is 1. The molecule has 2 aromatic carbocycles. The van der Waals surface area contributed by atoms with Gasteiger partial charge in [-0.3, -0.25) is 0 Å². The molecule has 3 aromatic rings. The van der Waals surface area contributed by atoms with Gasteiger partial charge in [0.15, 0.2) is 5.84 Å². The van der Waals surface area contributed by atoms with Gasteiger partial charge in [0, 0.05) is 9.13 Å². The maximum absolute atomic E-state index is 12.5. The van der Waals surface area contributed by atoms with Gasteiger partial charge >= 0.3 is 0 Å². The topological polar surface area (TPSA) is 58.5 Å². The number of rotatable bonds is 4. The number of sulfonamides is 1. The molecular weight excluding hydrogens is 455 g/mol. The van der Waals surface area contributed by atoms with Crippen LogP contribution in [0.15, 0.2) is 80.7 Å². The first-order valence-electron chi connectivity index (χ1n) is 7.02. The fourth-order valence-electron chi connectivity index (χ4n) is 2.01. The van der Waals surface area contributed by atoms with Gasteiger partial charge in [-0.2, -0.15) is 8.42 Å². The molecule has 0 aliphatic carbocycles. The number of nitrogens with zero attached hydrogens (tertiary/aromatic N) is 1. The highest BCUT2D eigenvalue weighted by atomic mass is 127. The van der Waals surface area contributed by atoms with Crippen molar-refractivity contribution >= 4 is 55.5 Å². The zero-order valence-electron chi connectivity index (χ0n) is 12.4. The second kappa shape index (κ2) is 7.45. The van der Waals surface area contributed by atoms with E-state index in [4.69, 9.17) is 0 Å². The van der Waals surface area contributed by atoms with Crippen LogP contribution in [0.2, 0.25) is 0 Å². The zero-order chi connectivity index (χ0) is 17.0. The Kier molecular flexibility index (Phi) is 5.32. The molecule has 0 bridgehead atoms. The molecule has 7 heteroatoms. The summed E-state index contributed by atoms with van der Waals surface area (Å²) in [5.41, 5.74) is 1.51. The molecule has 1 N–H and O–H groups in total. The number of benzene rings is 2. The van der Waals surface area contributed by atoms with E-state index in [0.29, 0.717) is 11.4 Å². The number of amidine groups is 1. The smallest absolute Gasteiger partial charge is 0.293 e. The van der Waals surface area contributed by atoms with Gasteiger partial charge in [-0.05, 0) is 46.2 Å². The Labute approximate surface area is 158 Å². The van der Waals surface area contributed by atoms with Crippen molar-refractivity contribution in [2.24, 2.45) is 4.40 Å². The van der Waals surface area contributed by atoms with E-state index in [-0.39, 0.29) is 4.21 Å². The summed E-state index contributed by atoms with van der Waals surface area (Å²) >= 11 is 3.35. The van der Waals surface area contributed by atoms with Gasteiger partial charge in [0.05, 0.1) is 5.69 Å². The number of thiophene rings is 1. The van der Waals surface area contributed by atoms with E-state index in [1.807, 2.05) is 54.6 Å². The average Bonchev–Trinajstić information content (AvgIpc) is 3.12. The molecule has 0 atom stereocenters. The second-order valence-corrected chi connectivity index (χ2v) is 8.76. The van der Waals surface area contributed by atoms with Crippen LogP contribution in [0.4, 0.5) is 5.69 Å². The molecule has 4 nitrogen and oxygen atoms in total. The van der Waals surface area contributed by atoms with Crippen molar-refractivity contribution in [3.8, 4) is 0 Å². The molecular formula is C17H13IN2O2S2. The second-order valence-electron chi connectivity index (χ2n) is 4.82. The molecule has 3 rings (SSSR count). The van der Waals surface area contributed by atoms with E-state index in [9.17, 15) is 8.42 Å². The highest BCUT2D eigenvalue weighted by Gasteiger charge is 2.17. The van der Waals surface area contributed by atoms with Gasteiger partial charge in [-0.25, -0.2) is 0 Å². The maximum Gasteiger partial charge on any atom is 0.293 e. The number of halogens is 1. The zero-order valence-corrected chi connectivity index (χ0v) is 16.2. The molecule has 0 spiro atoms. The van der Waals surface area contributed by atoms with Gasteiger partial charge in [-0.1, -0.05) is 48.5 Å². The molecule has 0 fully saturated rings. The van der Waals surface area contributed by atoms with Crippen molar-refractivity contribution in [3.05, 3.63) is 81.2 Å². The summed E-state index contributed by atoms with van der Waals surface area (Å²) in [6.07, 6.45) is 0. The monoisotopic (exact) mass is 468 g/mol. The normalized spacial score (nSPS) is 12.1. The van der Waals surface area contributed by atoms with Crippen LogP contribution in [0.25, 0.3) is 0 Å². The molecule has 0 saturated heterocycles. The van der Waals surface area contributed by atoms with Crippen LogP contribution >= 0.6 is 33.9 Å². The summed E-state index contributed by atoms with van der Waals surface area (Å²) in [5, 5.41) is 4.87. The summed E-state index contributed by atoms with van der Waals surface area (Å²) in [6, 6.07) is 20.1. The first-order valence-corrected chi connectivity index (χ1v) is 10.4. The third-order valence-electron chi connectivity index (χ3n) is 3.13. The average molecular weight is 468 g/mol. The fourth-order valence-corrected chi connectivity index (χ4v) is 4.48. The largest absolute Gasteiger partial charge is 0.338 e. The molecule has 0 amide bonds. The van der Waals surface area contributed by atoms with Gasteiger partial charge in [0.25, 0.3) is 10.0 Å². The van der Waals surface area contributed by atoms with Gasteiger partial charge in [0.1, 0.15) is 4.21 Å². The van der Waals surface area contributed by atoms with E-state index in [1.54, 1.807) is 17.5 Å². The lowest BCUT2D eigenvalue weighted by Gasteiger charge is -2.11. The SMILES string of the molecule is O=S(=O)(N=C(Nc1ccccc1I)c1ccccc1)c1cccs1. The van der Waals surface area contributed by atoms with E-state index >= 15 is 0 Å². The Morgan fingerprint density at radius 2 is 1.67 bits per heavy atom. The number of hydrogen-bond donors (Lipinski definition) is 1. The fraction of sp³-hybridized carbons (Fsp3) is 0. The van der Waals surface area contributed by atoms with Gasteiger partial charge in [0.2, 0.25) is 0 Å². The van der Waals surface area contributed by atoms with Crippen LogP contribution in [0, 0.1) is 3.57 Å². The summed E-state index contributed by atoms with van der Waals surface area (Å²) < 4.78 is 30.3.